The molecule has 0 unspecified atom stereocenters. The zero-order valence-corrected chi connectivity index (χ0v) is 12.4. The summed E-state index contributed by atoms with van der Waals surface area (Å²) in [5, 5.41) is 3.14. The van der Waals surface area contributed by atoms with E-state index in [9.17, 15) is 9.59 Å². The van der Waals surface area contributed by atoms with E-state index in [1.54, 1.807) is 0 Å². The lowest BCUT2D eigenvalue weighted by Crippen LogP contribution is -2.20. The third kappa shape index (κ3) is 1.40. The summed E-state index contributed by atoms with van der Waals surface area (Å²) in [6.07, 6.45) is 1.89. The van der Waals surface area contributed by atoms with Gasteiger partial charge in [0.2, 0.25) is 0 Å². The standard InChI is InChI=1S/C11H6BrIN2O2.H2/c1-15-3-4(12)7-6(15)2-5(13)8-9(7)11(17)14-10(8)16;/h2-3H,1H3,(H,14,16,17);1H. The van der Waals surface area contributed by atoms with E-state index < -0.39 is 0 Å². The Kier molecular flexibility index (Phi) is 2.34. The van der Waals surface area contributed by atoms with Gasteiger partial charge in [0.15, 0.2) is 0 Å². The van der Waals surface area contributed by atoms with Crippen LogP contribution >= 0.6 is 38.5 Å². The van der Waals surface area contributed by atoms with E-state index in [1.165, 1.54) is 0 Å². The number of carbonyl (C=O) groups is 2. The molecule has 1 aromatic heterocycles. The first-order valence-corrected chi connectivity index (χ1v) is 6.70. The average Bonchev–Trinajstić information content (AvgIpc) is 2.67. The van der Waals surface area contributed by atoms with E-state index in [0.717, 1.165) is 18.9 Å². The fourth-order valence-electron chi connectivity index (χ4n) is 2.14. The Morgan fingerprint density at radius 3 is 2.71 bits per heavy atom. The number of aryl methyl sites for hydroxylation is 1. The predicted molar refractivity (Wildman–Crippen MR) is 77.2 cm³/mol. The largest absolute Gasteiger partial charge is 0.349 e. The number of rotatable bonds is 0. The molecule has 88 valence electrons. The van der Waals surface area contributed by atoms with Gasteiger partial charge in [0, 0.05) is 28.1 Å². The summed E-state index contributed by atoms with van der Waals surface area (Å²) in [6.45, 7) is 0. The molecular weight excluding hydrogens is 399 g/mol. The number of amides is 2. The van der Waals surface area contributed by atoms with E-state index >= 15 is 0 Å². The van der Waals surface area contributed by atoms with Crippen LogP contribution < -0.4 is 5.32 Å². The minimum atomic E-state index is -0.319. The van der Waals surface area contributed by atoms with Crippen molar-refractivity contribution in [3.63, 3.8) is 0 Å². The molecule has 0 atom stereocenters. The van der Waals surface area contributed by atoms with Crippen molar-refractivity contribution >= 4 is 61.2 Å². The van der Waals surface area contributed by atoms with E-state index in [4.69, 9.17) is 0 Å². The molecule has 2 amide bonds. The van der Waals surface area contributed by atoms with Crippen molar-refractivity contribution < 1.29 is 11.0 Å². The van der Waals surface area contributed by atoms with Gasteiger partial charge in [0.25, 0.3) is 11.8 Å². The number of carbonyl (C=O) groups excluding carboxylic acids is 2. The molecule has 17 heavy (non-hydrogen) atoms. The first-order valence-electron chi connectivity index (χ1n) is 4.83. The van der Waals surface area contributed by atoms with Crippen LogP contribution in [0.5, 0.6) is 0 Å². The van der Waals surface area contributed by atoms with Crippen LogP contribution in [0.3, 0.4) is 0 Å². The van der Waals surface area contributed by atoms with Crippen LogP contribution in [0.2, 0.25) is 0 Å². The summed E-state index contributed by atoms with van der Waals surface area (Å²) >= 11 is 5.51. The van der Waals surface area contributed by atoms with Gasteiger partial charge >= 0.3 is 0 Å². The monoisotopic (exact) mass is 406 g/mol. The molecule has 1 aliphatic heterocycles. The van der Waals surface area contributed by atoms with Crippen LogP contribution in [-0.2, 0) is 7.05 Å². The summed E-state index contributed by atoms with van der Waals surface area (Å²) in [4.78, 5) is 23.5. The van der Waals surface area contributed by atoms with Crippen molar-refractivity contribution in [3.05, 3.63) is 31.4 Å². The number of halogens is 2. The normalized spacial score (nSPS) is 14.3. The number of nitrogens with one attached hydrogen (secondary N) is 1. The maximum atomic E-state index is 11.8. The topological polar surface area (TPSA) is 51.1 Å². The zero-order chi connectivity index (χ0) is 12.3. The van der Waals surface area contributed by atoms with E-state index in [-0.39, 0.29) is 13.2 Å². The highest BCUT2D eigenvalue weighted by atomic mass is 127. The summed E-state index contributed by atoms with van der Waals surface area (Å²) in [7, 11) is 1.91. The zero-order valence-electron chi connectivity index (χ0n) is 8.67. The van der Waals surface area contributed by atoms with Gasteiger partial charge in [-0.2, -0.15) is 0 Å². The third-order valence-corrected chi connectivity index (χ3v) is 4.32. The molecule has 0 spiro atoms. The Bertz CT molecular complexity index is 711. The molecule has 0 fully saturated rings. The van der Waals surface area contributed by atoms with Crippen LogP contribution in [0.15, 0.2) is 16.7 Å². The minimum Gasteiger partial charge on any atom is -0.349 e. The highest BCUT2D eigenvalue weighted by Gasteiger charge is 2.32. The highest BCUT2D eigenvalue weighted by Crippen LogP contribution is 2.35. The molecule has 0 radical (unpaired) electrons. The van der Waals surface area contributed by atoms with E-state index in [0.29, 0.717) is 11.1 Å². The lowest BCUT2D eigenvalue weighted by Gasteiger charge is -2.03. The van der Waals surface area contributed by atoms with Crippen LogP contribution in [-0.4, -0.2) is 16.4 Å². The molecule has 2 heterocycles. The lowest BCUT2D eigenvalue weighted by atomic mass is 10.1. The summed E-state index contributed by atoms with van der Waals surface area (Å²) in [6, 6.07) is 1.91. The lowest BCUT2D eigenvalue weighted by molar-refractivity contribution is 0.0880. The number of nitrogens with zero attached hydrogens (tertiary/aromatic N) is 1. The van der Waals surface area contributed by atoms with Crippen molar-refractivity contribution in [2.45, 2.75) is 0 Å². The smallest absolute Gasteiger partial charge is 0.260 e. The second kappa shape index (κ2) is 3.55. The molecule has 1 N–H and O–H groups in total. The third-order valence-electron chi connectivity index (χ3n) is 2.87. The predicted octanol–water partition coefficient (Wildman–Crippen LogP) is 2.68. The maximum Gasteiger partial charge on any atom is 0.260 e. The quantitative estimate of drug-likeness (QED) is 0.540. The molecule has 0 bridgehead atoms. The first kappa shape index (κ1) is 11.2. The average molecular weight is 407 g/mol. The van der Waals surface area contributed by atoms with Gasteiger partial charge in [-0.15, -0.1) is 0 Å². The minimum absolute atomic E-state index is 0. The van der Waals surface area contributed by atoms with Crippen LogP contribution in [0.4, 0.5) is 0 Å². The van der Waals surface area contributed by atoms with Crippen LogP contribution in [0.1, 0.15) is 22.1 Å². The number of hydrogen-bond acceptors (Lipinski definition) is 2. The molecule has 2 aromatic rings. The molecular formula is C11H8BrIN2O2. The Balaban J connectivity index is 0.00000120. The van der Waals surface area contributed by atoms with Gasteiger partial charge < -0.3 is 4.57 Å². The molecule has 0 saturated carbocycles. The van der Waals surface area contributed by atoms with E-state index in [1.807, 2.05) is 23.9 Å². The molecule has 4 nitrogen and oxygen atoms in total. The van der Waals surface area contributed by atoms with Crippen molar-refractivity contribution in [1.82, 2.24) is 9.88 Å². The first-order chi connectivity index (χ1) is 8.00. The molecule has 6 heteroatoms. The number of fused-ring (bicyclic) bond motifs is 3. The van der Waals surface area contributed by atoms with Crippen LogP contribution in [0.25, 0.3) is 10.9 Å². The Morgan fingerprint density at radius 1 is 1.35 bits per heavy atom. The second-order valence-electron chi connectivity index (χ2n) is 3.87. The number of benzene rings is 1. The Hall–Kier alpha value is -0.890. The second-order valence-corrected chi connectivity index (χ2v) is 5.89. The molecule has 3 rings (SSSR count). The van der Waals surface area contributed by atoms with Gasteiger partial charge in [0.1, 0.15) is 0 Å². The van der Waals surface area contributed by atoms with Gasteiger partial charge in [-0.3, -0.25) is 14.9 Å². The fourth-order valence-corrected chi connectivity index (χ4v) is 3.66. The summed E-state index contributed by atoms with van der Waals surface area (Å²) in [5.41, 5.74) is 1.89. The Morgan fingerprint density at radius 2 is 2.00 bits per heavy atom. The summed E-state index contributed by atoms with van der Waals surface area (Å²) < 4.78 is 3.55. The number of aromatic nitrogens is 1. The van der Waals surface area contributed by atoms with Crippen molar-refractivity contribution in [3.8, 4) is 0 Å². The van der Waals surface area contributed by atoms with Gasteiger partial charge in [0.05, 0.1) is 16.6 Å². The molecule has 1 aromatic carbocycles. The molecule has 1 aliphatic rings. The van der Waals surface area contributed by atoms with Crippen molar-refractivity contribution in [1.29, 1.82) is 0 Å². The number of imide groups is 1. The van der Waals surface area contributed by atoms with E-state index in [2.05, 4.69) is 43.8 Å². The van der Waals surface area contributed by atoms with Gasteiger partial charge in [-0.1, -0.05) is 0 Å². The fraction of sp³-hybridized carbons (Fsp3) is 0.0909. The Labute approximate surface area is 120 Å². The van der Waals surface area contributed by atoms with Crippen molar-refractivity contribution in [2.24, 2.45) is 7.05 Å². The van der Waals surface area contributed by atoms with Crippen molar-refractivity contribution in [2.75, 3.05) is 0 Å². The number of hydrogen-bond donors (Lipinski definition) is 1. The van der Waals surface area contributed by atoms with Crippen LogP contribution in [0, 0.1) is 3.57 Å². The molecule has 0 saturated heterocycles. The van der Waals surface area contributed by atoms with Gasteiger partial charge in [-0.05, 0) is 44.6 Å². The molecule has 0 aliphatic carbocycles. The SMILES string of the molecule is Cn1cc(Br)c2c3c(c(I)cc21)C(=O)NC3=O.[HH]. The highest BCUT2D eigenvalue weighted by molar-refractivity contribution is 14.1. The summed E-state index contributed by atoms with van der Waals surface area (Å²) in [5.74, 6) is -0.632. The van der Waals surface area contributed by atoms with Gasteiger partial charge in [-0.25, -0.2) is 0 Å². The maximum absolute atomic E-state index is 11.8.